The predicted molar refractivity (Wildman–Crippen MR) is 193 cm³/mol. The van der Waals surface area contributed by atoms with Gasteiger partial charge in [-0.25, -0.2) is 9.97 Å². The number of rotatable bonds is 12. The molecule has 0 unspecified atom stereocenters. The number of benzene rings is 4. The van der Waals surface area contributed by atoms with Gasteiger partial charge >= 0.3 is 0 Å². The Morgan fingerprint density at radius 3 is 2.60 bits per heavy atom. The van der Waals surface area contributed by atoms with Crippen LogP contribution in [-0.2, 0) is 16.1 Å². The number of fused-ring (bicyclic) bond motifs is 4. The topological polar surface area (TPSA) is 97.2 Å². The molecular formula is C37H37N7O2S. The molecule has 0 bridgehead atoms. The minimum absolute atomic E-state index is 0.160. The van der Waals surface area contributed by atoms with Crippen molar-refractivity contribution in [2.75, 3.05) is 55.0 Å². The van der Waals surface area contributed by atoms with Crippen LogP contribution in [0.3, 0.4) is 0 Å². The van der Waals surface area contributed by atoms with Gasteiger partial charge in [0.25, 0.3) is 0 Å². The van der Waals surface area contributed by atoms with Gasteiger partial charge in [0, 0.05) is 58.6 Å². The van der Waals surface area contributed by atoms with Crippen LogP contribution in [0.1, 0.15) is 12.0 Å². The Morgan fingerprint density at radius 2 is 1.72 bits per heavy atom. The summed E-state index contributed by atoms with van der Waals surface area (Å²) in [6, 6.07) is 26.4. The molecule has 7 rings (SSSR count). The van der Waals surface area contributed by atoms with E-state index < -0.39 is 0 Å². The number of aromatic nitrogens is 4. The number of amides is 1. The van der Waals surface area contributed by atoms with Gasteiger partial charge in [-0.1, -0.05) is 60.7 Å². The van der Waals surface area contributed by atoms with Crippen molar-refractivity contribution in [3.05, 3.63) is 109 Å². The second-order valence-corrected chi connectivity index (χ2v) is 12.7. The van der Waals surface area contributed by atoms with E-state index in [2.05, 4.69) is 68.1 Å². The number of hydrogen-bond donors (Lipinski definition) is 2. The standard InChI is InChI=1S/C37H37N7O2S/c45-36(12-6-20-47-21-7-15-43-16-18-46-19-17-43)40-28-13-14-33-31(22-28)37(39-26-38-33)41-34-23-35-32(29-10-4-5-11-30(29)34)25-44(42-35)24-27-8-2-1-3-9-27/h1-6,8-14,22-23,25-26H,7,15-21,24H2,(H,40,45)(H,38,39,41). The molecule has 2 N–H and O–H groups in total. The first kappa shape index (κ1) is 30.9. The van der Waals surface area contributed by atoms with E-state index in [1.54, 1.807) is 12.4 Å². The highest BCUT2D eigenvalue weighted by molar-refractivity contribution is 7.99. The summed E-state index contributed by atoms with van der Waals surface area (Å²) in [5, 5.41) is 15.6. The first-order chi connectivity index (χ1) is 23.2. The number of anilines is 3. The lowest BCUT2D eigenvalue weighted by Gasteiger charge is -2.26. The Hall–Kier alpha value is -4.77. The summed E-state index contributed by atoms with van der Waals surface area (Å²) >= 11 is 1.84. The maximum absolute atomic E-state index is 12.7. The second kappa shape index (κ2) is 14.8. The van der Waals surface area contributed by atoms with Crippen LogP contribution >= 0.6 is 11.8 Å². The number of thioether (sulfide) groups is 1. The van der Waals surface area contributed by atoms with Gasteiger partial charge in [-0.3, -0.25) is 14.4 Å². The van der Waals surface area contributed by atoms with E-state index in [0.29, 0.717) is 18.1 Å². The van der Waals surface area contributed by atoms with Gasteiger partial charge < -0.3 is 15.4 Å². The minimum Gasteiger partial charge on any atom is -0.379 e. The van der Waals surface area contributed by atoms with Crippen LogP contribution in [0.5, 0.6) is 0 Å². The van der Waals surface area contributed by atoms with Crippen molar-refractivity contribution in [3.8, 4) is 0 Å². The Bertz CT molecular complexity index is 2020. The summed E-state index contributed by atoms with van der Waals surface area (Å²) in [6.07, 6.45) is 8.34. The molecule has 0 spiro atoms. The molecule has 10 heteroatoms. The number of nitrogens with one attached hydrogen (secondary N) is 2. The van der Waals surface area contributed by atoms with E-state index in [0.717, 1.165) is 89.0 Å². The SMILES string of the molecule is O=C(C=CCSCCCN1CCOCC1)Nc1ccc2ncnc(Nc3cc4nn(Cc5ccccc5)cc4c4ccccc34)c2c1. The van der Waals surface area contributed by atoms with Crippen LogP contribution in [0.2, 0.25) is 0 Å². The number of hydrogen-bond acceptors (Lipinski definition) is 8. The van der Waals surface area contributed by atoms with Gasteiger partial charge in [-0.15, -0.1) is 0 Å². The van der Waals surface area contributed by atoms with Crippen molar-refractivity contribution in [2.24, 2.45) is 0 Å². The van der Waals surface area contributed by atoms with Gasteiger partial charge in [0.1, 0.15) is 12.1 Å². The third-order valence-corrected chi connectivity index (χ3v) is 9.28. The Kier molecular flexibility index (Phi) is 9.69. The van der Waals surface area contributed by atoms with Crippen molar-refractivity contribution >= 4 is 67.4 Å². The average Bonchev–Trinajstić information content (AvgIpc) is 3.51. The largest absolute Gasteiger partial charge is 0.379 e. The van der Waals surface area contributed by atoms with E-state index >= 15 is 0 Å². The third-order valence-electron chi connectivity index (χ3n) is 8.27. The first-order valence-corrected chi connectivity index (χ1v) is 17.1. The summed E-state index contributed by atoms with van der Waals surface area (Å²) in [5.74, 6) is 2.37. The molecule has 1 aliphatic heterocycles. The first-order valence-electron chi connectivity index (χ1n) is 16.0. The molecule has 1 saturated heterocycles. The predicted octanol–water partition coefficient (Wildman–Crippen LogP) is 6.87. The monoisotopic (exact) mass is 643 g/mol. The number of ether oxygens (including phenoxy) is 1. The van der Waals surface area contributed by atoms with Gasteiger partial charge in [-0.05, 0) is 53.9 Å². The second-order valence-electron chi connectivity index (χ2n) is 11.6. The molecule has 3 heterocycles. The maximum atomic E-state index is 12.7. The normalized spacial score (nSPS) is 14.0. The van der Waals surface area contributed by atoms with E-state index in [-0.39, 0.29) is 5.91 Å². The number of carbonyl (C=O) groups is 1. The lowest BCUT2D eigenvalue weighted by Crippen LogP contribution is -2.36. The Morgan fingerprint density at radius 1 is 0.894 bits per heavy atom. The lowest BCUT2D eigenvalue weighted by atomic mass is 10.0. The van der Waals surface area contributed by atoms with Crippen LogP contribution in [-0.4, -0.2) is 74.9 Å². The molecule has 1 aliphatic rings. The zero-order valence-corrected chi connectivity index (χ0v) is 27.0. The highest BCUT2D eigenvalue weighted by atomic mass is 32.2. The molecule has 1 amide bonds. The number of nitrogens with zero attached hydrogens (tertiary/aromatic N) is 5. The Balaban J connectivity index is 1.04. The zero-order chi connectivity index (χ0) is 31.8. The number of carbonyl (C=O) groups excluding carboxylic acids is 1. The molecule has 0 aliphatic carbocycles. The van der Waals surface area contributed by atoms with Crippen LogP contribution in [0.15, 0.2) is 104 Å². The van der Waals surface area contributed by atoms with E-state index in [9.17, 15) is 4.79 Å². The number of morpholine rings is 1. The average molecular weight is 644 g/mol. The van der Waals surface area contributed by atoms with Crippen LogP contribution < -0.4 is 10.6 Å². The molecule has 47 heavy (non-hydrogen) atoms. The van der Waals surface area contributed by atoms with Crippen molar-refractivity contribution in [3.63, 3.8) is 0 Å². The lowest BCUT2D eigenvalue weighted by molar-refractivity contribution is -0.111. The molecular weight excluding hydrogens is 607 g/mol. The van der Waals surface area contributed by atoms with Crippen molar-refractivity contribution in [2.45, 2.75) is 13.0 Å². The summed E-state index contributed by atoms with van der Waals surface area (Å²) < 4.78 is 7.40. The molecule has 2 aromatic heterocycles. The minimum atomic E-state index is -0.160. The highest BCUT2D eigenvalue weighted by Crippen LogP contribution is 2.34. The highest BCUT2D eigenvalue weighted by Gasteiger charge is 2.14. The van der Waals surface area contributed by atoms with E-state index in [1.165, 1.54) is 5.56 Å². The summed E-state index contributed by atoms with van der Waals surface area (Å²) in [5.41, 5.74) is 4.46. The van der Waals surface area contributed by atoms with Gasteiger partial charge in [0.05, 0.1) is 30.8 Å². The summed E-state index contributed by atoms with van der Waals surface area (Å²) in [6.45, 7) is 5.52. The maximum Gasteiger partial charge on any atom is 0.248 e. The zero-order valence-electron chi connectivity index (χ0n) is 26.1. The molecule has 0 radical (unpaired) electrons. The van der Waals surface area contributed by atoms with Crippen molar-refractivity contribution in [1.29, 1.82) is 0 Å². The third kappa shape index (κ3) is 7.62. The quantitative estimate of drug-likeness (QED) is 0.110. The Labute approximate surface area is 278 Å². The van der Waals surface area contributed by atoms with Gasteiger partial charge in [0.2, 0.25) is 5.91 Å². The molecule has 238 valence electrons. The van der Waals surface area contributed by atoms with E-state index in [4.69, 9.17) is 9.84 Å². The van der Waals surface area contributed by atoms with Crippen LogP contribution in [0, 0.1) is 0 Å². The fraction of sp³-hybridized carbons (Fsp3) is 0.243. The molecule has 0 saturated carbocycles. The molecule has 4 aromatic carbocycles. The molecule has 6 aromatic rings. The molecule has 9 nitrogen and oxygen atoms in total. The van der Waals surface area contributed by atoms with E-state index in [1.807, 2.05) is 65.0 Å². The van der Waals surface area contributed by atoms with Crippen molar-refractivity contribution in [1.82, 2.24) is 24.6 Å². The van der Waals surface area contributed by atoms with Gasteiger partial charge in [-0.2, -0.15) is 16.9 Å². The fourth-order valence-corrected chi connectivity index (χ4v) is 6.67. The molecule has 1 fully saturated rings. The van der Waals surface area contributed by atoms with Gasteiger partial charge in [0.15, 0.2) is 0 Å². The fourth-order valence-electron chi connectivity index (χ4n) is 5.94. The van der Waals surface area contributed by atoms with Crippen LogP contribution in [0.4, 0.5) is 17.2 Å². The van der Waals surface area contributed by atoms with Crippen molar-refractivity contribution < 1.29 is 9.53 Å². The van der Waals surface area contributed by atoms with Crippen LogP contribution in [0.25, 0.3) is 32.6 Å². The molecule has 0 atom stereocenters. The smallest absolute Gasteiger partial charge is 0.248 e. The summed E-state index contributed by atoms with van der Waals surface area (Å²) in [4.78, 5) is 24.2. The summed E-state index contributed by atoms with van der Waals surface area (Å²) in [7, 11) is 0.